The Morgan fingerprint density at radius 2 is 1.80 bits per heavy atom. The summed E-state index contributed by atoms with van der Waals surface area (Å²) >= 11 is 8.74. The number of benzene rings is 2. The number of aryl methyl sites for hydroxylation is 1. The van der Waals surface area contributed by atoms with E-state index in [1.165, 1.54) is 28.7 Å². The van der Waals surface area contributed by atoms with Crippen LogP contribution in [0.5, 0.6) is 0 Å². The van der Waals surface area contributed by atoms with Crippen LogP contribution < -0.4 is 5.32 Å². The second kappa shape index (κ2) is 7.99. The van der Waals surface area contributed by atoms with E-state index in [0.717, 1.165) is 15.5 Å². The first-order chi connectivity index (χ1) is 12.0. The van der Waals surface area contributed by atoms with Gasteiger partial charge in [0.25, 0.3) is 0 Å². The van der Waals surface area contributed by atoms with Crippen LogP contribution in [0, 0.1) is 6.92 Å². The molecule has 128 valence electrons. The van der Waals surface area contributed by atoms with Crippen LogP contribution in [-0.2, 0) is 4.79 Å². The molecule has 25 heavy (non-hydrogen) atoms. The number of amides is 1. The number of thioether (sulfide) groups is 1. The highest BCUT2D eigenvalue weighted by Gasteiger charge is 2.17. The maximum atomic E-state index is 12.4. The van der Waals surface area contributed by atoms with E-state index < -0.39 is 0 Å². The summed E-state index contributed by atoms with van der Waals surface area (Å²) in [6.07, 6.45) is 0. The Labute approximate surface area is 159 Å². The molecule has 3 aromatic rings. The Kier molecular flexibility index (Phi) is 5.73. The third-order valence-electron chi connectivity index (χ3n) is 3.45. The van der Waals surface area contributed by atoms with Gasteiger partial charge in [0.1, 0.15) is 5.01 Å². The van der Waals surface area contributed by atoms with Crippen LogP contribution in [0.2, 0.25) is 5.02 Å². The third-order valence-corrected chi connectivity index (χ3v) is 5.70. The van der Waals surface area contributed by atoms with E-state index in [0.29, 0.717) is 10.2 Å². The summed E-state index contributed by atoms with van der Waals surface area (Å²) in [4.78, 5) is 13.4. The highest BCUT2D eigenvalue weighted by molar-refractivity contribution is 8.00. The van der Waals surface area contributed by atoms with Crippen molar-refractivity contribution >= 4 is 45.7 Å². The van der Waals surface area contributed by atoms with Crippen LogP contribution in [0.4, 0.5) is 5.13 Å². The molecular formula is C18H16ClN3OS2. The van der Waals surface area contributed by atoms with Crippen molar-refractivity contribution in [2.75, 3.05) is 5.32 Å². The number of aromatic nitrogens is 2. The van der Waals surface area contributed by atoms with Crippen LogP contribution in [0.1, 0.15) is 12.5 Å². The number of hydrogen-bond donors (Lipinski definition) is 1. The largest absolute Gasteiger partial charge is 0.300 e. The fourth-order valence-electron chi connectivity index (χ4n) is 2.06. The molecule has 0 bridgehead atoms. The quantitative estimate of drug-likeness (QED) is 0.602. The van der Waals surface area contributed by atoms with E-state index >= 15 is 0 Å². The van der Waals surface area contributed by atoms with Crippen molar-refractivity contribution in [3.8, 4) is 10.6 Å². The van der Waals surface area contributed by atoms with Crippen molar-refractivity contribution in [3.05, 3.63) is 59.1 Å². The number of carbonyl (C=O) groups excluding carboxylic acids is 1. The molecule has 1 N–H and O–H groups in total. The number of nitrogens with zero attached hydrogens (tertiary/aromatic N) is 2. The van der Waals surface area contributed by atoms with Crippen molar-refractivity contribution in [2.24, 2.45) is 0 Å². The number of rotatable bonds is 5. The molecule has 0 fully saturated rings. The minimum Gasteiger partial charge on any atom is -0.300 e. The van der Waals surface area contributed by atoms with Crippen molar-refractivity contribution in [1.82, 2.24) is 10.2 Å². The number of anilines is 1. The average Bonchev–Trinajstić information content (AvgIpc) is 3.06. The molecule has 0 aliphatic carbocycles. The Morgan fingerprint density at radius 3 is 2.48 bits per heavy atom. The smallest absolute Gasteiger partial charge is 0.239 e. The lowest BCUT2D eigenvalue weighted by molar-refractivity contribution is -0.115. The molecule has 2 aromatic carbocycles. The van der Waals surface area contributed by atoms with Crippen LogP contribution in [0.15, 0.2) is 53.4 Å². The molecule has 1 aromatic heterocycles. The Morgan fingerprint density at radius 1 is 1.12 bits per heavy atom. The van der Waals surface area contributed by atoms with E-state index in [4.69, 9.17) is 11.6 Å². The molecule has 0 saturated heterocycles. The Hall–Kier alpha value is -1.89. The molecule has 1 unspecified atom stereocenters. The molecule has 0 aliphatic rings. The van der Waals surface area contributed by atoms with Gasteiger partial charge in [-0.3, -0.25) is 10.1 Å². The van der Waals surface area contributed by atoms with Crippen LogP contribution >= 0.6 is 34.7 Å². The summed E-state index contributed by atoms with van der Waals surface area (Å²) in [7, 11) is 0. The summed E-state index contributed by atoms with van der Waals surface area (Å²) in [5.74, 6) is -0.0932. The zero-order valence-corrected chi connectivity index (χ0v) is 16.1. The minimum absolute atomic E-state index is 0.0932. The summed E-state index contributed by atoms with van der Waals surface area (Å²) in [6.45, 7) is 3.92. The molecule has 0 aliphatic heterocycles. The van der Waals surface area contributed by atoms with Crippen LogP contribution in [0.25, 0.3) is 10.6 Å². The van der Waals surface area contributed by atoms with E-state index in [1.807, 2.05) is 50.2 Å². The van der Waals surface area contributed by atoms with Gasteiger partial charge in [-0.25, -0.2) is 0 Å². The normalized spacial score (nSPS) is 12.0. The monoisotopic (exact) mass is 389 g/mol. The first kappa shape index (κ1) is 17.9. The molecule has 3 rings (SSSR count). The minimum atomic E-state index is -0.231. The van der Waals surface area contributed by atoms with Gasteiger partial charge in [0.2, 0.25) is 11.0 Å². The summed E-state index contributed by atoms with van der Waals surface area (Å²) in [6, 6.07) is 15.5. The van der Waals surface area contributed by atoms with Crippen molar-refractivity contribution in [3.63, 3.8) is 0 Å². The molecular weight excluding hydrogens is 374 g/mol. The van der Waals surface area contributed by atoms with E-state index in [9.17, 15) is 4.79 Å². The molecule has 1 atom stereocenters. The Balaban J connectivity index is 1.62. The number of hydrogen-bond acceptors (Lipinski definition) is 5. The Bertz CT molecular complexity index is 863. The number of halogens is 1. The van der Waals surface area contributed by atoms with Crippen molar-refractivity contribution in [2.45, 2.75) is 24.0 Å². The molecule has 0 spiro atoms. The lowest BCUT2D eigenvalue weighted by Gasteiger charge is -2.10. The van der Waals surface area contributed by atoms with E-state index in [2.05, 4.69) is 15.5 Å². The van der Waals surface area contributed by atoms with Gasteiger partial charge in [0.05, 0.1) is 5.25 Å². The lowest BCUT2D eigenvalue weighted by atomic mass is 10.2. The van der Waals surface area contributed by atoms with Gasteiger partial charge in [-0.05, 0) is 38.1 Å². The zero-order valence-electron chi connectivity index (χ0n) is 13.7. The molecule has 1 heterocycles. The van der Waals surface area contributed by atoms with E-state index in [1.54, 1.807) is 12.1 Å². The predicted molar refractivity (Wildman–Crippen MR) is 105 cm³/mol. The topological polar surface area (TPSA) is 54.9 Å². The maximum Gasteiger partial charge on any atom is 0.239 e. The van der Waals surface area contributed by atoms with Gasteiger partial charge in [0, 0.05) is 15.5 Å². The molecule has 0 saturated carbocycles. The first-order valence-corrected chi connectivity index (χ1v) is 9.72. The highest BCUT2D eigenvalue weighted by atomic mass is 35.5. The number of nitrogens with one attached hydrogen (secondary N) is 1. The molecule has 7 heteroatoms. The SMILES string of the molecule is Cc1ccc(SC(C)C(=O)Nc2nnc(-c3ccc(Cl)cc3)s2)cc1. The third kappa shape index (κ3) is 4.81. The lowest BCUT2D eigenvalue weighted by Crippen LogP contribution is -2.22. The fraction of sp³-hybridized carbons (Fsp3) is 0.167. The second-order valence-corrected chi connectivity index (χ2v) is 8.31. The predicted octanol–water partition coefficient (Wildman–Crippen LogP) is 5.29. The van der Waals surface area contributed by atoms with Crippen LogP contribution in [-0.4, -0.2) is 21.4 Å². The zero-order chi connectivity index (χ0) is 17.8. The summed E-state index contributed by atoms with van der Waals surface area (Å²) in [5, 5.41) is 12.7. The van der Waals surface area contributed by atoms with Gasteiger partial charge < -0.3 is 0 Å². The standard InChI is InChI=1S/C18H16ClN3OS2/c1-11-3-9-15(10-4-11)24-12(2)16(23)20-18-22-21-17(25-18)13-5-7-14(19)8-6-13/h3-10,12H,1-2H3,(H,20,22,23). The maximum absolute atomic E-state index is 12.4. The van der Waals surface area contributed by atoms with Crippen molar-refractivity contribution in [1.29, 1.82) is 0 Å². The highest BCUT2D eigenvalue weighted by Crippen LogP contribution is 2.29. The molecule has 1 amide bonds. The van der Waals surface area contributed by atoms with Gasteiger partial charge >= 0.3 is 0 Å². The first-order valence-electron chi connectivity index (χ1n) is 7.65. The second-order valence-electron chi connectivity index (χ2n) is 5.48. The molecule has 4 nitrogen and oxygen atoms in total. The summed E-state index contributed by atoms with van der Waals surface area (Å²) < 4.78 is 0. The van der Waals surface area contributed by atoms with E-state index in [-0.39, 0.29) is 11.2 Å². The number of carbonyl (C=O) groups is 1. The van der Waals surface area contributed by atoms with Gasteiger partial charge in [-0.15, -0.1) is 22.0 Å². The fourth-order valence-corrected chi connectivity index (χ4v) is 3.81. The van der Waals surface area contributed by atoms with Gasteiger partial charge in [-0.1, -0.05) is 52.8 Å². The molecule has 0 radical (unpaired) electrons. The van der Waals surface area contributed by atoms with Crippen molar-refractivity contribution < 1.29 is 4.79 Å². The van der Waals surface area contributed by atoms with Gasteiger partial charge in [-0.2, -0.15) is 0 Å². The average molecular weight is 390 g/mol. The van der Waals surface area contributed by atoms with Gasteiger partial charge in [0.15, 0.2) is 0 Å². The van der Waals surface area contributed by atoms with Crippen LogP contribution in [0.3, 0.4) is 0 Å². The summed E-state index contributed by atoms with van der Waals surface area (Å²) in [5.41, 5.74) is 2.12.